The van der Waals surface area contributed by atoms with Crippen LogP contribution in [0.15, 0.2) is 24.5 Å². The monoisotopic (exact) mass is 262 g/mol. The molecular weight excluding hydrogens is 253 g/mol. The number of carboxylic acids is 1. The molecule has 2 N–H and O–H groups in total. The van der Waals surface area contributed by atoms with Crippen LogP contribution in [0.2, 0.25) is 0 Å². The van der Waals surface area contributed by atoms with Crippen LogP contribution in [0.1, 0.15) is 18.0 Å². The third kappa shape index (κ3) is 4.04. The van der Waals surface area contributed by atoms with Crippen molar-refractivity contribution in [1.82, 2.24) is 10.3 Å². The molecule has 0 radical (unpaired) electrons. The van der Waals surface area contributed by atoms with Gasteiger partial charge in [0.05, 0.1) is 12.5 Å². The number of alkyl halides is 3. The number of hydrogen-bond acceptors (Lipinski definition) is 3. The van der Waals surface area contributed by atoms with Crippen molar-refractivity contribution in [2.45, 2.75) is 18.6 Å². The van der Waals surface area contributed by atoms with Gasteiger partial charge in [-0.25, -0.2) is 0 Å². The van der Waals surface area contributed by atoms with Gasteiger partial charge < -0.3 is 10.4 Å². The maximum absolute atomic E-state index is 12.1. The fourth-order valence-corrected chi connectivity index (χ4v) is 1.25. The highest BCUT2D eigenvalue weighted by Gasteiger charge is 2.40. The van der Waals surface area contributed by atoms with Gasteiger partial charge in [-0.1, -0.05) is 6.07 Å². The Morgan fingerprint density at radius 2 is 2.11 bits per heavy atom. The summed E-state index contributed by atoms with van der Waals surface area (Å²) >= 11 is 0. The molecule has 0 aliphatic rings. The Labute approximate surface area is 99.6 Å². The minimum Gasteiger partial charge on any atom is -0.481 e. The van der Waals surface area contributed by atoms with Gasteiger partial charge in [0.2, 0.25) is 0 Å². The SMILES string of the molecule is O=C(O)C[C@@H](NC(=O)C(F)(F)F)c1cccnc1. The number of carboxylic acid groups (broad SMARTS) is 1. The van der Waals surface area contributed by atoms with E-state index in [4.69, 9.17) is 5.11 Å². The number of nitrogens with zero attached hydrogens (tertiary/aromatic N) is 1. The van der Waals surface area contributed by atoms with E-state index in [1.54, 1.807) is 5.32 Å². The van der Waals surface area contributed by atoms with Crippen molar-refractivity contribution < 1.29 is 27.9 Å². The summed E-state index contributed by atoms with van der Waals surface area (Å²) in [6, 6.07) is 1.55. The van der Waals surface area contributed by atoms with E-state index < -0.39 is 30.5 Å². The number of halogens is 3. The first-order chi connectivity index (χ1) is 8.30. The Balaban J connectivity index is 2.87. The summed E-state index contributed by atoms with van der Waals surface area (Å²) in [7, 11) is 0. The zero-order valence-electron chi connectivity index (χ0n) is 8.94. The van der Waals surface area contributed by atoms with E-state index >= 15 is 0 Å². The molecule has 98 valence electrons. The zero-order valence-corrected chi connectivity index (χ0v) is 8.94. The van der Waals surface area contributed by atoms with Crippen molar-refractivity contribution in [1.29, 1.82) is 0 Å². The second-order valence-electron chi connectivity index (χ2n) is 3.41. The molecule has 0 fully saturated rings. The second-order valence-corrected chi connectivity index (χ2v) is 3.41. The first kappa shape index (κ1) is 13.9. The molecule has 0 spiro atoms. The first-order valence-electron chi connectivity index (χ1n) is 4.80. The van der Waals surface area contributed by atoms with Crippen LogP contribution >= 0.6 is 0 Å². The van der Waals surface area contributed by atoms with Crippen molar-refractivity contribution in [2.24, 2.45) is 0 Å². The van der Waals surface area contributed by atoms with E-state index in [0.29, 0.717) is 0 Å². The number of rotatable bonds is 4. The molecule has 0 saturated carbocycles. The van der Waals surface area contributed by atoms with Crippen LogP contribution < -0.4 is 5.32 Å². The molecule has 0 bridgehead atoms. The normalized spacial score (nSPS) is 12.8. The van der Waals surface area contributed by atoms with Gasteiger partial charge in [0.25, 0.3) is 0 Å². The van der Waals surface area contributed by atoms with Crippen molar-refractivity contribution in [3.05, 3.63) is 30.1 Å². The Bertz CT molecular complexity index is 434. The van der Waals surface area contributed by atoms with E-state index in [0.717, 1.165) is 0 Å². The fraction of sp³-hybridized carbons (Fsp3) is 0.300. The summed E-state index contributed by atoms with van der Waals surface area (Å²) in [6.45, 7) is 0. The Hall–Kier alpha value is -2.12. The Morgan fingerprint density at radius 1 is 1.44 bits per heavy atom. The summed E-state index contributed by atoms with van der Waals surface area (Å²) in [5, 5.41) is 10.2. The number of hydrogen-bond donors (Lipinski definition) is 2. The molecule has 0 aliphatic heterocycles. The van der Waals surface area contributed by atoms with Crippen LogP contribution in [0.5, 0.6) is 0 Å². The maximum Gasteiger partial charge on any atom is 0.471 e. The molecule has 0 saturated heterocycles. The van der Waals surface area contributed by atoms with Gasteiger partial charge in [-0.05, 0) is 11.6 Å². The van der Waals surface area contributed by atoms with E-state index in [1.165, 1.54) is 24.5 Å². The summed E-state index contributed by atoms with van der Waals surface area (Å²) in [5.41, 5.74) is 0.192. The molecule has 0 unspecified atom stereocenters. The van der Waals surface area contributed by atoms with Gasteiger partial charge >= 0.3 is 18.1 Å². The minimum atomic E-state index is -5.06. The third-order valence-corrected chi connectivity index (χ3v) is 2.03. The molecule has 1 heterocycles. The Kier molecular flexibility index (Phi) is 4.24. The largest absolute Gasteiger partial charge is 0.481 e. The van der Waals surface area contributed by atoms with Gasteiger partial charge in [-0.2, -0.15) is 13.2 Å². The molecule has 0 aliphatic carbocycles. The fourth-order valence-electron chi connectivity index (χ4n) is 1.25. The number of nitrogens with one attached hydrogen (secondary N) is 1. The number of amides is 1. The number of aliphatic carboxylic acids is 1. The van der Waals surface area contributed by atoms with Gasteiger partial charge in [0.15, 0.2) is 0 Å². The molecule has 1 aromatic heterocycles. The predicted molar refractivity (Wildman–Crippen MR) is 53.4 cm³/mol. The number of carbonyl (C=O) groups is 2. The zero-order chi connectivity index (χ0) is 13.8. The summed E-state index contributed by atoms with van der Waals surface area (Å²) in [6.07, 6.45) is -3.14. The van der Waals surface area contributed by atoms with Crippen LogP contribution in [-0.4, -0.2) is 28.1 Å². The summed E-state index contributed by atoms with van der Waals surface area (Å²) in [4.78, 5) is 25.0. The minimum absolute atomic E-state index is 0.192. The molecule has 1 rings (SSSR count). The summed E-state index contributed by atoms with van der Waals surface area (Å²) in [5.74, 6) is -3.51. The lowest BCUT2D eigenvalue weighted by Gasteiger charge is -2.17. The highest BCUT2D eigenvalue weighted by molar-refractivity contribution is 5.82. The average molecular weight is 262 g/mol. The van der Waals surface area contributed by atoms with Crippen molar-refractivity contribution >= 4 is 11.9 Å². The van der Waals surface area contributed by atoms with Crippen LogP contribution in [0.3, 0.4) is 0 Å². The molecule has 1 aromatic rings. The quantitative estimate of drug-likeness (QED) is 0.856. The molecule has 1 amide bonds. The van der Waals surface area contributed by atoms with E-state index in [-0.39, 0.29) is 5.56 Å². The van der Waals surface area contributed by atoms with E-state index in [9.17, 15) is 22.8 Å². The van der Waals surface area contributed by atoms with Crippen LogP contribution in [0, 0.1) is 0 Å². The maximum atomic E-state index is 12.1. The smallest absolute Gasteiger partial charge is 0.471 e. The lowest BCUT2D eigenvalue weighted by molar-refractivity contribution is -0.174. The molecular formula is C10H9F3N2O3. The lowest BCUT2D eigenvalue weighted by Crippen LogP contribution is -2.39. The molecule has 1 atom stereocenters. The van der Waals surface area contributed by atoms with Crippen LogP contribution in [0.4, 0.5) is 13.2 Å². The topological polar surface area (TPSA) is 79.3 Å². The third-order valence-electron chi connectivity index (χ3n) is 2.03. The average Bonchev–Trinajstić information content (AvgIpc) is 2.27. The predicted octanol–water partition coefficient (Wildman–Crippen LogP) is 1.28. The highest BCUT2D eigenvalue weighted by Crippen LogP contribution is 2.20. The van der Waals surface area contributed by atoms with Crippen LogP contribution in [-0.2, 0) is 9.59 Å². The molecule has 18 heavy (non-hydrogen) atoms. The van der Waals surface area contributed by atoms with Crippen molar-refractivity contribution in [3.8, 4) is 0 Å². The lowest BCUT2D eigenvalue weighted by atomic mass is 10.1. The van der Waals surface area contributed by atoms with Crippen molar-refractivity contribution in [2.75, 3.05) is 0 Å². The number of aromatic nitrogens is 1. The molecule has 5 nitrogen and oxygen atoms in total. The van der Waals surface area contributed by atoms with E-state index in [2.05, 4.69) is 4.98 Å². The van der Waals surface area contributed by atoms with Gasteiger partial charge in [0, 0.05) is 12.4 Å². The molecule has 0 aromatic carbocycles. The van der Waals surface area contributed by atoms with E-state index in [1.807, 2.05) is 0 Å². The van der Waals surface area contributed by atoms with Crippen molar-refractivity contribution in [3.63, 3.8) is 0 Å². The highest BCUT2D eigenvalue weighted by atomic mass is 19.4. The molecule has 8 heteroatoms. The number of pyridine rings is 1. The summed E-state index contributed by atoms with van der Waals surface area (Å²) < 4.78 is 36.3. The van der Waals surface area contributed by atoms with Gasteiger partial charge in [-0.3, -0.25) is 14.6 Å². The second kappa shape index (κ2) is 5.48. The van der Waals surface area contributed by atoms with Gasteiger partial charge in [-0.15, -0.1) is 0 Å². The van der Waals surface area contributed by atoms with Gasteiger partial charge in [0.1, 0.15) is 0 Å². The standard InChI is InChI=1S/C10H9F3N2O3/c11-10(12,13)9(18)15-7(4-8(16)17)6-2-1-3-14-5-6/h1-3,5,7H,4H2,(H,15,18)(H,16,17)/t7-/m1/s1. The first-order valence-corrected chi connectivity index (χ1v) is 4.80. The van der Waals surface area contributed by atoms with Crippen LogP contribution in [0.25, 0.3) is 0 Å². The Morgan fingerprint density at radius 3 is 2.56 bits per heavy atom. The number of carbonyl (C=O) groups excluding carboxylic acids is 1.